The first-order valence-corrected chi connectivity index (χ1v) is 4.84. The number of hydrogen-bond donors (Lipinski definition) is 1. The van der Waals surface area contributed by atoms with E-state index in [4.69, 9.17) is 0 Å². The minimum Gasteiger partial charge on any atom is -0.469 e. The third-order valence-electron chi connectivity index (χ3n) is 1.83. The van der Waals surface area contributed by atoms with Crippen LogP contribution in [0.25, 0.3) is 0 Å². The monoisotopic (exact) mass is 245 g/mol. The zero-order valence-corrected chi connectivity index (χ0v) is 9.94. The molecule has 0 heterocycles. The van der Waals surface area contributed by atoms with E-state index in [1.54, 1.807) is 0 Å². The molecule has 1 atom stereocenters. The molecule has 0 saturated heterocycles. The Labute approximate surface area is 98.4 Å². The zero-order valence-electron chi connectivity index (χ0n) is 9.94. The van der Waals surface area contributed by atoms with Gasteiger partial charge in [0.2, 0.25) is 5.91 Å². The van der Waals surface area contributed by atoms with Gasteiger partial charge in [0.15, 0.2) is 0 Å². The van der Waals surface area contributed by atoms with E-state index < -0.39 is 23.9 Å². The number of hydrogen-bond acceptors (Lipinski definition) is 6. The SMILES string of the molecule is COC(=O)C[C@H](NC(=O)CC(C)=O)C(=O)OC. The Morgan fingerprint density at radius 3 is 2.12 bits per heavy atom. The number of nitrogens with one attached hydrogen (secondary N) is 1. The summed E-state index contributed by atoms with van der Waals surface area (Å²) >= 11 is 0. The molecule has 0 radical (unpaired) electrons. The number of amides is 1. The normalized spacial score (nSPS) is 11.2. The maximum Gasteiger partial charge on any atom is 0.328 e. The Bertz CT molecular complexity index is 325. The molecule has 0 bridgehead atoms. The fourth-order valence-corrected chi connectivity index (χ4v) is 1.06. The van der Waals surface area contributed by atoms with E-state index in [9.17, 15) is 19.2 Å². The van der Waals surface area contributed by atoms with Crippen LogP contribution in [0.4, 0.5) is 0 Å². The maximum atomic E-state index is 11.3. The van der Waals surface area contributed by atoms with Crippen molar-refractivity contribution in [1.82, 2.24) is 5.32 Å². The molecule has 17 heavy (non-hydrogen) atoms. The lowest BCUT2D eigenvalue weighted by Crippen LogP contribution is -2.43. The summed E-state index contributed by atoms with van der Waals surface area (Å²) in [5, 5.41) is 2.23. The molecule has 0 rings (SSSR count). The fourth-order valence-electron chi connectivity index (χ4n) is 1.06. The van der Waals surface area contributed by atoms with Gasteiger partial charge in [-0.3, -0.25) is 14.4 Å². The summed E-state index contributed by atoms with van der Waals surface area (Å²) in [5.41, 5.74) is 0. The van der Waals surface area contributed by atoms with Crippen molar-refractivity contribution in [2.24, 2.45) is 0 Å². The number of ketones is 1. The van der Waals surface area contributed by atoms with Crippen LogP contribution in [0.1, 0.15) is 19.8 Å². The molecular weight excluding hydrogens is 230 g/mol. The quantitative estimate of drug-likeness (QED) is 0.485. The number of esters is 2. The van der Waals surface area contributed by atoms with E-state index in [2.05, 4.69) is 14.8 Å². The summed E-state index contributed by atoms with van der Waals surface area (Å²) in [6, 6.07) is -1.14. The lowest BCUT2D eigenvalue weighted by molar-refractivity contribution is -0.150. The molecule has 0 aromatic heterocycles. The molecule has 0 spiro atoms. The highest BCUT2D eigenvalue weighted by atomic mass is 16.5. The summed E-state index contributed by atoms with van der Waals surface area (Å²) in [7, 11) is 2.29. The van der Waals surface area contributed by atoms with Crippen LogP contribution < -0.4 is 5.32 Å². The smallest absolute Gasteiger partial charge is 0.328 e. The maximum absolute atomic E-state index is 11.3. The topological polar surface area (TPSA) is 98.8 Å². The van der Waals surface area contributed by atoms with Gasteiger partial charge >= 0.3 is 11.9 Å². The van der Waals surface area contributed by atoms with Gasteiger partial charge in [-0.05, 0) is 6.92 Å². The molecule has 1 amide bonds. The van der Waals surface area contributed by atoms with Gasteiger partial charge in [-0.1, -0.05) is 0 Å². The van der Waals surface area contributed by atoms with Crippen LogP contribution in [0.2, 0.25) is 0 Å². The Balaban J connectivity index is 4.48. The first-order valence-electron chi connectivity index (χ1n) is 4.84. The van der Waals surface area contributed by atoms with Crippen molar-refractivity contribution in [3.8, 4) is 0 Å². The van der Waals surface area contributed by atoms with Gasteiger partial charge in [-0.2, -0.15) is 0 Å². The summed E-state index contributed by atoms with van der Waals surface area (Å²) < 4.78 is 8.79. The van der Waals surface area contributed by atoms with Crippen LogP contribution in [0.3, 0.4) is 0 Å². The largest absolute Gasteiger partial charge is 0.469 e. The molecular formula is C10H15NO6. The van der Waals surface area contributed by atoms with Gasteiger partial charge in [-0.25, -0.2) is 4.79 Å². The van der Waals surface area contributed by atoms with Crippen molar-refractivity contribution < 1.29 is 28.7 Å². The summed E-state index contributed by atoms with van der Waals surface area (Å²) in [6.07, 6.45) is -0.693. The number of methoxy groups -OCH3 is 2. The Morgan fingerprint density at radius 2 is 1.71 bits per heavy atom. The number of rotatable bonds is 6. The van der Waals surface area contributed by atoms with Gasteiger partial charge < -0.3 is 14.8 Å². The van der Waals surface area contributed by atoms with Gasteiger partial charge in [0, 0.05) is 0 Å². The van der Waals surface area contributed by atoms with Crippen LogP contribution >= 0.6 is 0 Å². The molecule has 0 aliphatic heterocycles. The standard InChI is InChI=1S/C10H15NO6/c1-6(12)4-8(13)11-7(10(15)17-3)5-9(14)16-2/h7H,4-5H2,1-3H3,(H,11,13)/t7-/m0/s1. The second-order valence-electron chi connectivity index (χ2n) is 3.30. The van der Waals surface area contributed by atoms with E-state index in [-0.39, 0.29) is 18.6 Å². The van der Waals surface area contributed by atoms with Gasteiger partial charge in [0.25, 0.3) is 0 Å². The highest BCUT2D eigenvalue weighted by Crippen LogP contribution is 1.98. The van der Waals surface area contributed by atoms with Crippen molar-refractivity contribution in [3.05, 3.63) is 0 Å². The van der Waals surface area contributed by atoms with Gasteiger partial charge in [0.1, 0.15) is 11.8 Å². The lowest BCUT2D eigenvalue weighted by Gasteiger charge is -2.14. The van der Waals surface area contributed by atoms with E-state index in [1.807, 2.05) is 0 Å². The van der Waals surface area contributed by atoms with Crippen LogP contribution in [0.5, 0.6) is 0 Å². The molecule has 0 aromatic carbocycles. The van der Waals surface area contributed by atoms with Crippen molar-refractivity contribution in [2.45, 2.75) is 25.8 Å². The number of Topliss-reactive ketones (excluding diaryl/α,β-unsaturated/α-hetero) is 1. The van der Waals surface area contributed by atoms with E-state index in [0.29, 0.717) is 0 Å². The molecule has 0 saturated carbocycles. The Hall–Kier alpha value is -1.92. The number of carbonyl (C=O) groups is 4. The number of carbonyl (C=O) groups excluding carboxylic acids is 4. The van der Waals surface area contributed by atoms with Crippen molar-refractivity contribution in [1.29, 1.82) is 0 Å². The third-order valence-corrected chi connectivity index (χ3v) is 1.83. The van der Waals surface area contributed by atoms with E-state index in [1.165, 1.54) is 6.92 Å². The van der Waals surface area contributed by atoms with Crippen molar-refractivity contribution >= 4 is 23.6 Å². The average Bonchev–Trinajstić information content (AvgIpc) is 2.25. The molecule has 0 aromatic rings. The molecule has 0 aliphatic carbocycles. The third kappa shape index (κ3) is 6.29. The first kappa shape index (κ1) is 15.1. The Morgan fingerprint density at radius 1 is 1.12 bits per heavy atom. The van der Waals surface area contributed by atoms with Crippen molar-refractivity contribution in [2.75, 3.05) is 14.2 Å². The van der Waals surface area contributed by atoms with Crippen LogP contribution in [-0.4, -0.2) is 43.9 Å². The second-order valence-corrected chi connectivity index (χ2v) is 3.30. The molecule has 7 nitrogen and oxygen atoms in total. The van der Waals surface area contributed by atoms with Gasteiger partial charge in [0.05, 0.1) is 27.1 Å². The highest BCUT2D eigenvalue weighted by molar-refractivity contribution is 5.98. The summed E-state index contributed by atoms with van der Waals surface area (Å²) in [6.45, 7) is 1.24. The fraction of sp³-hybridized carbons (Fsp3) is 0.600. The Kier molecular flexibility index (Phi) is 6.54. The highest BCUT2D eigenvalue weighted by Gasteiger charge is 2.25. The van der Waals surface area contributed by atoms with Crippen LogP contribution in [-0.2, 0) is 28.7 Å². The number of ether oxygens (including phenoxy) is 2. The molecule has 7 heteroatoms. The zero-order chi connectivity index (χ0) is 13.4. The predicted molar refractivity (Wildman–Crippen MR) is 55.9 cm³/mol. The molecule has 0 aliphatic rings. The van der Waals surface area contributed by atoms with Crippen LogP contribution in [0, 0.1) is 0 Å². The summed E-state index contributed by atoms with van der Waals surface area (Å²) in [4.78, 5) is 44.2. The molecule has 96 valence electrons. The summed E-state index contributed by atoms with van der Waals surface area (Å²) in [5.74, 6) is -2.42. The van der Waals surface area contributed by atoms with Crippen molar-refractivity contribution in [3.63, 3.8) is 0 Å². The second kappa shape index (κ2) is 7.37. The van der Waals surface area contributed by atoms with E-state index >= 15 is 0 Å². The molecule has 0 fully saturated rings. The average molecular weight is 245 g/mol. The lowest BCUT2D eigenvalue weighted by atomic mass is 10.2. The molecule has 1 N–H and O–H groups in total. The van der Waals surface area contributed by atoms with Gasteiger partial charge in [-0.15, -0.1) is 0 Å². The van der Waals surface area contributed by atoms with E-state index in [0.717, 1.165) is 14.2 Å². The first-order chi connectivity index (χ1) is 7.90. The minimum atomic E-state index is -1.14. The molecule has 0 unspecified atom stereocenters. The minimum absolute atomic E-state index is 0.340. The predicted octanol–water partition coefficient (Wildman–Crippen LogP) is -0.814. The van der Waals surface area contributed by atoms with Crippen LogP contribution in [0.15, 0.2) is 0 Å².